The Kier molecular flexibility index (Phi) is 9.12. The van der Waals surface area contributed by atoms with Crippen molar-refractivity contribution in [3.63, 3.8) is 0 Å². The molecule has 0 spiro atoms. The third kappa shape index (κ3) is 10.2. The second kappa shape index (κ2) is 9.17. The summed E-state index contributed by atoms with van der Waals surface area (Å²) < 4.78 is 5.86. The van der Waals surface area contributed by atoms with E-state index >= 15 is 0 Å². The molecule has 15 heavy (non-hydrogen) atoms. The van der Waals surface area contributed by atoms with Crippen LogP contribution in [-0.4, -0.2) is 25.3 Å². The van der Waals surface area contributed by atoms with Gasteiger partial charge in [0.05, 0.1) is 5.60 Å². The topological polar surface area (TPSA) is 21.3 Å². The number of ether oxygens (including phenoxy) is 1. The third-order valence-corrected chi connectivity index (χ3v) is 2.47. The molecule has 2 heteroatoms. The van der Waals surface area contributed by atoms with Gasteiger partial charge in [0.15, 0.2) is 0 Å². The number of nitrogens with one attached hydrogen (secondary N) is 1. The van der Waals surface area contributed by atoms with Crippen molar-refractivity contribution in [1.29, 1.82) is 0 Å². The van der Waals surface area contributed by atoms with Crippen molar-refractivity contribution in [3.8, 4) is 0 Å². The maximum Gasteiger partial charge on any atom is 0.0750 e. The van der Waals surface area contributed by atoms with Gasteiger partial charge in [-0.05, 0) is 33.2 Å². The Balaban J connectivity index is 3.38. The van der Waals surface area contributed by atoms with E-state index in [1.54, 1.807) is 0 Å². The molecule has 0 aliphatic carbocycles. The monoisotopic (exact) mass is 215 g/mol. The first kappa shape index (κ1) is 14.9. The first-order valence-corrected chi connectivity index (χ1v) is 6.47. The second-order valence-corrected chi connectivity index (χ2v) is 4.85. The molecular weight excluding hydrogens is 186 g/mol. The maximum absolute atomic E-state index is 5.86. The third-order valence-electron chi connectivity index (χ3n) is 2.47. The van der Waals surface area contributed by atoms with E-state index in [1.165, 1.54) is 32.1 Å². The summed E-state index contributed by atoms with van der Waals surface area (Å²) in [6, 6.07) is 0. The maximum atomic E-state index is 5.86. The molecular formula is C13H29NO. The Labute approximate surface area is 95.8 Å². The number of hydrogen-bond donors (Lipinski definition) is 1. The fourth-order valence-electron chi connectivity index (χ4n) is 1.49. The van der Waals surface area contributed by atoms with E-state index < -0.39 is 0 Å². The normalized spacial score (nSPS) is 12.0. The van der Waals surface area contributed by atoms with Gasteiger partial charge in [-0.1, -0.05) is 33.1 Å². The van der Waals surface area contributed by atoms with Crippen molar-refractivity contribution in [3.05, 3.63) is 0 Å². The molecule has 0 aromatic heterocycles. The van der Waals surface area contributed by atoms with E-state index in [1.807, 2.05) is 0 Å². The van der Waals surface area contributed by atoms with Gasteiger partial charge in [0.2, 0.25) is 0 Å². The first-order chi connectivity index (χ1) is 7.12. The summed E-state index contributed by atoms with van der Waals surface area (Å²) in [4.78, 5) is 0. The average Bonchev–Trinajstić information content (AvgIpc) is 2.17. The zero-order chi connectivity index (χ0) is 11.6. The van der Waals surface area contributed by atoms with Crippen molar-refractivity contribution < 1.29 is 4.74 Å². The Morgan fingerprint density at radius 1 is 1.00 bits per heavy atom. The van der Waals surface area contributed by atoms with Crippen molar-refractivity contribution in [2.75, 3.05) is 19.7 Å². The van der Waals surface area contributed by atoms with E-state index in [4.69, 9.17) is 4.74 Å². The smallest absolute Gasteiger partial charge is 0.0750 e. The largest absolute Gasteiger partial charge is 0.374 e. The molecule has 0 saturated carbocycles. The zero-order valence-corrected chi connectivity index (χ0v) is 11.1. The molecule has 0 rings (SSSR count). The van der Waals surface area contributed by atoms with Gasteiger partial charge in [0.1, 0.15) is 0 Å². The molecule has 0 aliphatic rings. The van der Waals surface area contributed by atoms with Crippen molar-refractivity contribution >= 4 is 0 Å². The summed E-state index contributed by atoms with van der Waals surface area (Å²) in [6.07, 6.45) is 6.31. The number of hydrogen-bond acceptors (Lipinski definition) is 2. The molecule has 0 saturated heterocycles. The van der Waals surface area contributed by atoms with Crippen molar-refractivity contribution in [1.82, 2.24) is 5.32 Å². The predicted octanol–water partition coefficient (Wildman–Crippen LogP) is 3.36. The van der Waals surface area contributed by atoms with E-state index in [-0.39, 0.29) is 5.60 Å². The molecule has 0 heterocycles. The molecule has 0 aromatic rings. The number of unbranched alkanes of at least 4 members (excludes halogenated alkanes) is 3. The van der Waals surface area contributed by atoms with Crippen LogP contribution in [0.4, 0.5) is 0 Å². The van der Waals surface area contributed by atoms with Crippen LogP contribution in [0.25, 0.3) is 0 Å². The van der Waals surface area contributed by atoms with Crippen LogP contribution < -0.4 is 5.32 Å². The van der Waals surface area contributed by atoms with Gasteiger partial charge in [-0.15, -0.1) is 0 Å². The molecule has 0 radical (unpaired) electrons. The summed E-state index contributed by atoms with van der Waals surface area (Å²) in [5.41, 5.74) is -0.0125. The molecule has 0 aliphatic heterocycles. The molecule has 0 amide bonds. The molecule has 0 unspecified atom stereocenters. The summed E-state index contributed by atoms with van der Waals surface area (Å²) in [6.45, 7) is 11.7. The van der Waals surface area contributed by atoms with E-state index in [9.17, 15) is 0 Å². The molecule has 0 atom stereocenters. The molecule has 92 valence electrons. The van der Waals surface area contributed by atoms with Crippen LogP contribution >= 0.6 is 0 Å². The summed E-state index contributed by atoms with van der Waals surface area (Å²) in [7, 11) is 0. The van der Waals surface area contributed by atoms with Gasteiger partial charge >= 0.3 is 0 Å². The molecule has 0 fully saturated rings. The molecule has 1 N–H and O–H groups in total. The average molecular weight is 215 g/mol. The highest BCUT2D eigenvalue weighted by Crippen LogP contribution is 2.09. The van der Waals surface area contributed by atoms with Gasteiger partial charge < -0.3 is 10.1 Å². The lowest BCUT2D eigenvalue weighted by Crippen LogP contribution is -2.38. The number of rotatable bonds is 10. The highest BCUT2D eigenvalue weighted by Gasteiger charge is 2.16. The highest BCUT2D eigenvalue weighted by molar-refractivity contribution is 4.71. The molecule has 2 nitrogen and oxygen atoms in total. The van der Waals surface area contributed by atoms with Crippen molar-refractivity contribution in [2.45, 2.75) is 65.4 Å². The van der Waals surface area contributed by atoms with Crippen LogP contribution in [0.5, 0.6) is 0 Å². The lowest BCUT2D eigenvalue weighted by Gasteiger charge is -2.25. The Bertz CT molecular complexity index is 134. The predicted molar refractivity (Wildman–Crippen MR) is 67.3 cm³/mol. The van der Waals surface area contributed by atoms with Crippen LogP contribution in [0, 0.1) is 0 Å². The molecule has 0 bridgehead atoms. The van der Waals surface area contributed by atoms with Gasteiger partial charge in [-0.3, -0.25) is 0 Å². The Morgan fingerprint density at radius 2 is 1.73 bits per heavy atom. The Morgan fingerprint density at radius 3 is 2.33 bits per heavy atom. The Hall–Kier alpha value is -0.0800. The lowest BCUT2D eigenvalue weighted by molar-refractivity contribution is -0.0178. The van der Waals surface area contributed by atoms with Crippen molar-refractivity contribution in [2.24, 2.45) is 0 Å². The second-order valence-electron chi connectivity index (χ2n) is 4.85. The zero-order valence-electron chi connectivity index (χ0n) is 11.1. The summed E-state index contributed by atoms with van der Waals surface area (Å²) in [5, 5.41) is 3.40. The lowest BCUT2D eigenvalue weighted by atomic mass is 10.1. The van der Waals surface area contributed by atoms with Crippen LogP contribution in [0.1, 0.15) is 59.8 Å². The van der Waals surface area contributed by atoms with Crippen LogP contribution in [0.2, 0.25) is 0 Å². The fourth-order valence-corrected chi connectivity index (χ4v) is 1.49. The minimum Gasteiger partial charge on any atom is -0.374 e. The van der Waals surface area contributed by atoms with Crippen LogP contribution in [0.15, 0.2) is 0 Å². The van der Waals surface area contributed by atoms with Gasteiger partial charge in [0.25, 0.3) is 0 Å². The quantitative estimate of drug-likeness (QED) is 0.564. The van der Waals surface area contributed by atoms with Gasteiger partial charge in [0, 0.05) is 13.2 Å². The van der Waals surface area contributed by atoms with E-state index in [0.717, 1.165) is 19.7 Å². The molecule has 0 aromatic carbocycles. The minimum atomic E-state index is -0.0125. The van der Waals surface area contributed by atoms with E-state index in [0.29, 0.717) is 0 Å². The SMILES string of the molecule is CCCCCCOC(C)(C)CNCCC. The highest BCUT2D eigenvalue weighted by atomic mass is 16.5. The van der Waals surface area contributed by atoms with Crippen LogP contribution in [0.3, 0.4) is 0 Å². The summed E-state index contributed by atoms with van der Waals surface area (Å²) in [5.74, 6) is 0. The van der Waals surface area contributed by atoms with Gasteiger partial charge in [-0.2, -0.15) is 0 Å². The standard InChI is InChI=1S/C13H29NO/c1-5-7-8-9-11-15-13(3,4)12-14-10-6-2/h14H,5-12H2,1-4H3. The minimum absolute atomic E-state index is 0.0125. The first-order valence-electron chi connectivity index (χ1n) is 6.47. The van der Waals surface area contributed by atoms with E-state index in [2.05, 4.69) is 33.0 Å². The fraction of sp³-hybridized carbons (Fsp3) is 1.00. The van der Waals surface area contributed by atoms with Gasteiger partial charge in [-0.25, -0.2) is 0 Å². The van der Waals surface area contributed by atoms with Crippen LogP contribution in [-0.2, 0) is 4.74 Å². The summed E-state index contributed by atoms with van der Waals surface area (Å²) >= 11 is 0.